The number of para-hydroxylation sites is 2. The third-order valence-electron chi connectivity index (χ3n) is 2.17. The lowest BCUT2D eigenvalue weighted by Crippen LogP contribution is -1.90. The zero-order chi connectivity index (χ0) is 12.1. The van der Waals surface area contributed by atoms with Crippen LogP contribution in [-0.2, 0) is 0 Å². The van der Waals surface area contributed by atoms with Gasteiger partial charge in [0.05, 0.1) is 11.9 Å². The lowest BCUT2D eigenvalue weighted by Gasteiger charge is -2.01. The molecule has 2 N–H and O–H groups in total. The van der Waals surface area contributed by atoms with E-state index in [-0.39, 0.29) is 11.6 Å². The summed E-state index contributed by atoms with van der Waals surface area (Å²) < 4.78 is 12.6. The number of nitrogens with one attached hydrogen (secondary N) is 1. The molecule has 86 valence electrons. The van der Waals surface area contributed by atoms with Crippen LogP contribution in [0.3, 0.4) is 0 Å². The van der Waals surface area contributed by atoms with Crippen LogP contribution >= 0.6 is 0 Å². The molecule has 2 rings (SSSR count). The molecule has 0 saturated carbocycles. The monoisotopic (exact) mass is 230 g/mol. The van der Waals surface area contributed by atoms with Gasteiger partial charge in [-0.05, 0) is 29.8 Å². The summed E-state index contributed by atoms with van der Waals surface area (Å²) in [5, 5.41) is 13.4. The molecule has 0 bridgehead atoms. The highest BCUT2D eigenvalue weighted by molar-refractivity contribution is 5.80. The van der Waals surface area contributed by atoms with Gasteiger partial charge < -0.3 is 5.11 Å². The molecule has 3 nitrogen and oxygen atoms in total. The number of rotatable bonds is 3. The molecule has 0 spiro atoms. The van der Waals surface area contributed by atoms with Crippen LogP contribution in [0.1, 0.15) is 5.56 Å². The van der Waals surface area contributed by atoms with Crippen molar-refractivity contribution in [3.8, 4) is 5.75 Å². The zero-order valence-electron chi connectivity index (χ0n) is 8.97. The quantitative estimate of drug-likeness (QED) is 0.483. The van der Waals surface area contributed by atoms with Gasteiger partial charge in [0, 0.05) is 0 Å². The van der Waals surface area contributed by atoms with Crippen molar-refractivity contribution in [2.24, 2.45) is 5.10 Å². The van der Waals surface area contributed by atoms with Crippen molar-refractivity contribution in [3.63, 3.8) is 0 Å². The normalized spacial score (nSPS) is 10.6. The fraction of sp³-hybridized carbons (Fsp3) is 0. The molecule has 0 aromatic heterocycles. The minimum absolute atomic E-state index is 0.128. The summed E-state index contributed by atoms with van der Waals surface area (Å²) in [6.45, 7) is 0. The predicted molar refractivity (Wildman–Crippen MR) is 65.7 cm³/mol. The second-order valence-corrected chi connectivity index (χ2v) is 3.44. The third kappa shape index (κ3) is 3.04. The van der Waals surface area contributed by atoms with Crippen molar-refractivity contribution in [2.45, 2.75) is 0 Å². The number of hydrogen-bond donors (Lipinski definition) is 2. The summed E-state index contributed by atoms with van der Waals surface area (Å²) in [4.78, 5) is 0. The molecular formula is C13H11FN2O. The van der Waals surface area contributed by atoms with Crippen molar-refractivity contribution < 1.29 is 9.50 Å². The van der Waals surface area contributed by atoms with Crippen LogP contribution in [0.25, 0.3) is 0 Å². The Hall–Kier alpha value is -2.36. The number of phenolic OH excluding ortho intramolecular Hbond substituents is 1. The van der Waals surface area contributed by atoms with Gasteiger partial charge in [0.2, 0.25) is 0 Å². The molecule has 2 aromatic rings. The van der Waals surface area contributed by atoms with E-state index in [4.69, 9.17) is 0 Å². The number of halogens is 1. The van der Waals surface area contributed by atoms with E-state index >= 15 is 0 Å². The highest BCUT2D eigenvalue weighted by atomic mass is 19.1. The van der Waals surface area contributed by atoms with Crippen LogP contribution < -0.4 is 5.43 Å². The molecule has 17 heavy (non-hydrogen) atoms. The first-order valence-electron chi connectivity index (χ1n) is 5.08. The van der Waals surface area contributed by atoms with E-state index in [0.29, 0.717) is 5.69 Å². The van der Waals surface area contributed by atoms with E-state index in [0.717, 1.165) is 5.56 Å². The Morgan fingerprint density at radius 2 is 1.76 bits per heavy atom. The topological polar surface area (TPSA) is 44.6 Å². The van der Waals surface area contributed by atoms with Crippen LogP contribution in [-0.4, -0.2) is 11.3 Å². The first kappa shape index (κ1) is 11.1. The third-order valence-corrected chi connectivity index (χ3v) is 2.17. The number of benzene rings is 2. The second-order valence-electron chi connectivity index (χ2n) is 3.44. The average Bonchev–Trinajstić information content (AvgIpc) is 2.34. The van der Waals surface area contributed by atoms with Crippen LogP contribution in [0.4, 0.5) is 10.1 Å². The lowest BCUT2D eigenvalue weighted by atomic mass is 10.2. The molecule has 2 aromatic carbocycles. The summed E-state index contributed by atoms with van der Waals surface area (Å²) >= 11 is 0. The maximum Gasteiger partial charge on any atom is 0.140 e. The molecular weight excluding hydrogens is 219 g/mol. The van der Waals surface area contributed by atoms with E-state index < -0.39 is 0 Å². The number of phenols is 1. The van der Waals surface area contributed by atoms with Gasteiger partial charge in [0.1, 0.15) is 11.6 Å². The number of nitrogens with zero attached hydrogens (tertiary/aromatic N) is 1. The van der Waals surface area contributed by atoms with Gasteiger partial charge in [0.15, 0.2) is 0 Å². The molecule has 0 unspecified atom stereocenters. The summed E-state index contributed by atoms with van der Waals surface area (Å²) in [5.41, 5.74) is 3.99. The van der Waals surface area contributed by atoms with Crippen molar-refractivity contribution in [1.82, 2.24) is 0 Å². The van der Waals surface area contributed by atoms with Gasteiger partial charge in [-0.1, -0.05) is 24.3 Å². The Morgan fingerprint density at radius 1 is 1.06 bits per heavy atom. The fourth-order valence-electron chi connectivity index (χ4n) is 1.29. The van der Waals surface area contributed by atoms with Gasteiger partial charge in [-0.3, -0.25) is 5.43 Å². The first-order valence-corrected chi connectivity index (χ1v) is 5.08. The number of aromatic hydroxyl groups is 1. The Balaban J connectivity index is 2.03. The standard InChI is InChI=1S/C13H11FN2O/c14-11-7-5-10(6-8-11)9-15-16-12-3-1-2-4-13(12)17/h1-9,16-17H/b15-9+. The minimum atomic E-state index is -0.282. The molecule has 0 fully saturated rings. The Kier molecular flexibility index (Phi) is 3.35. The molecule has 0 aliphatic heterocycles. The Morgan fingerprint density at radius 3 is 2.47 bits per heavy atom. The van der Waals surface area contributed by atoms with Crippen LogP contribution in [0, 0.1) is 5.82 Å². The molecule has 0 aliphatic rings. The average molecular weight is 230 g/mol. The summed E-state index contributed by atoms with van der Waals surface area (Å²) in [7, 11) is 0. The molecule has 0 atom stereocenters. The highest BCUT2D eigenvalue weighted by Crippen LogP contribution is 2.21. The Labute approximate surface area is 98.2 Å². The maximum atomic E-state index is 12.6. The van der Waals surface area contributed by atoms with Crippen LogP contribution in [0.2, 0.25) is 0 Å². The van der Waals surface area contributed by atoms with Gasteiger partial charge in [-0.25, -0.2) is 4.39 Å². The van der Waals surface area contributed by atoms with Crippen molar-refractivity contribution >= 4 is 11.9 Å². The van der Waals surface area contributed by atoms with Gasteiger partial charge in [0.25, 0.3) is 0 Å². The number of hydrazone groups is 1. The van der Waals surface area contributed by atoms with Gasteiger partial charge >= 0.3 is 0 Å². The molecule has 0 saturated heterocycles. The Bertz CT molecular complexity index is 523. The van der Waals surface area contributed by atoms with E-state index in [2.05, 4.69) is 10.5 Å². The molecule has 0 aliphatic carbocycles. The molecule has 0 amide bonds. The summed E-state index contributed by atoms with van der Waals surface area (Å²) in [5.74, 6) is -0.153. The van der Waals surface area contributed by atoms with Crippen molar-refractivity contribution in [2.75, 3.05) is 5.43 Å². The maximum absolute atomic E-state index is 12.6. The summed E-state index contributed by atoms with van der Waals surface area (Å²) in [6, 6.07) is 12.7. The van der Waals surface area contributed by atoms with Gasteiger partial charge in [-0.2, -0.15) is 5.10 Å². The van der Waals surface area contributed by atoms with E-state index in [1.54, 1.807) is 42.6 Å². The first-order chi connectivity index (χ1) is 8.25. The minimum Gasteiger partial charge on any atom is -0.506 e. The lowest BCUT2D eigenvalue weighted by molar-refractivity contribution is 0.477. The molecule has 4 heteroatoms. The molecule has 0 radical (unpaired) electrons. The van der Waals surface area contributed by atoms with E-state index in [1.165, 1.54) is 12.1 Å². The van der Waals surface area contributed by atoms with E-state index in [1.807, 2.05) is 0 Å². The number of hydrogen-bond acceptors (Lipinski definition) is 3. The number of anilines is 1. The van der Waals surface area contributed by atoms with Crippen LogP contribution in [0.15, 0.2) is 53.6 Å². The van der Waals surface area contributed by atoms with Crippen molar-refractivity contribution in [3.05, 3.63) is 59.9 Å². The molecule has 0 heterocycles. The van der Waals surface area contributed by atoms with E-state index in [9.17, 15) is 9.50 Å². The smallest absolute Gasteiger partial charge is 0.140 e. The predicted octanol–water partition coefficient (Wildman–Crippen LogP) is 2.98. The fourth-order valence-corrected chi connectivity index (χ4v) is 1.29. The highest BCUT2D eigenvalue weighted by Gasteiger charge is 1.95. The SMILES string of the molecule is Oc1ccccc1N/N=C/c1ccc(F)cc1. The second kappa shape index (κ2) is 5.12. The van der Waals surface area contributed by atoms with Crippen LogP contribution in [0.5, 0.6) is 5.75 Å². The largest absolute Gasteiger partial charge is 0.506 e. The van der Waals surface area contributed by atoms with Gasteiger partial charge in [-0.15, -0.1) is 0 Å². The summed E-state index contributed by atoms with van der Waals surface area (Å²) in [6.07, 6.45) is 1.55. The zero-order valence-corrected chi connectivity index (χ0v) is 8.97. The van der Waals surface area contributed by atoms with Crippen molar-refractivity contribution in [1.29, 1.82) is 0 Å².